The lowest BCUT2D eigenvalue weighted by Gasteiger charge is -2.36. The van der Waals surface area contributed by atoms with Crippen LogP contribution in [0.4, 0.5) is 10.5 Å². The van der Waals surface area contributed by atoms with Crippen LogP contribution in [-0.2, 0) is 37.3 Å². The highest BCUT2D eigenvalue weighted by Crippen LogP contribution is 2.49. The number of nitrogens with zero attached hydrogens (tertiary/aromatic N) is 4. The smallest absolute Gasteiger partial charge is 0.410 e. The first kappa shape index (κ1) is 30.6. The lowest BCUT2D eigenvalue weighted by Crippen LogP contribution is -2.54. The lowest BCUT2D eigenvalue weighted by atomic mass is 9.83. The van der Waals surface area contributed by atoms with Crippen LogP contribution in [0.3, 0.4) is 0 Å². The van der Waals surface area contributed by atoms with Gasteiger partial charge in [0.15, 0.2) is 0 Å². The molecule has 0 spiro atoms. The third-order valence-corrected chi connectivity index (χ3v) is 9.91. The number of anilines is 1. The molecule has 0 unspecified atom stereocenters. The van der Waals surface area contributed by atoms with Gasteiger partial charge in [0.1, 0.15) is 25.3 Å². The summed E-state index contributed by atoms with van der Waals surface area (Å²) in [6.45, 7) is 7.56. The number of carbonyl (C=O) groups excluding carboxylic acids is 3. The maximum Gasteiger partial charge on any atom is 0.410 e. The van der Waals surface area contributed by atoms with Gasteiger partial charge in [0.25, 0.3) is 0 Å². The molecule has 1 saturated carbocycles. The first-order valence-electron chi connectivity index (χ1n) is 15.6. The number of hydrogen-bond acceptors (Lipinski definition) is 7. The average Bonchev–Trinajstić information content (AvgIpc) is 3.51. The number of fused-ring (bicyclic) bond motifs is 5. The number of benzene rings is 1. The highest BCUT2D eigenvalue weighted by atomic mass is 32.1. The molecule has 2 aromatic heterocycles. The van der Waals surface area contributed by atoms with E-state index in [1.54, 1.807) is 26.0 Å². The molecule has 6 rings (SSSR count). The number of carbonyl (C=O) groups is 3. The van der Waals surface area contributed by atoms with E-state index >= 15 is 0 Å². The summed E-state index contributed by atoms with van der Waals surface area (Å²) < 4.78 is 8.89. The molecule has 3 amide bonds. The lowest BCUT2D eigenvalue weighted by molar-refractivity contribution is -0.281. The minimum atomic E-state index is -0.575. The molecule has 236 valence electrons. The molecule has 1 saturated heterocycles. The number of piperazine rings is 1. The Hall–Kier alpha value is -3.41. The number of ether oxygens (including phenoxy) is 1. The average molecular weight is 623 g/mol. The van der Waals surface area contributed by atoms with Crippen molar-refractivity contribution in [1.29, 1.82) is 0 Å². The number of thiophene rings is 1. The van der Waals surface area contributed by atoms with Crippen LogP contribution in [0.15, 0.2) is 30.3 Å². The summed E-state index contributed by atoms with van der Waals surface area (Å²) in [5, 5.41) is 0. The van der Waals surface area contributed by atoms with Gasteiger partial charge in [-0.15, -0.1) is 11.3 Å². The topological polar surface area (TPSA) is 93.5 Å². The van der Waals surface area contributed by atoms with Crippen molar-refractivity contribution in [2.45, 2.75) is 77.5 Å². The quantitative estimate of drug-likeness (QED) is 0.250. The van der Waals surface area contributed by atoms with E-state index in [-0.39, 0.29) is 31.0 Å². The second kappa shape index (κ2) is 12.5. The molecular weight excluding hydrogens is 580 g/mol. The Balaban J connectivity index is 1.29. The van der Waals surface area contributed by atoms with Crippen molar-refractivity contribution in [3.8, 4) is 11.3 Å². The zero-order valence-corrected chi connectivity index (χ0v) is 26.9. The molecule has 10 nitrogen and oxygen atoms in total. The number of aromatic nitrogens is 1. The van der Waals surface area contributed by atoms with Crippen molar-refractivity contribution >= 4 is 45.1 Å². The first-order valence-corrected chi connectivity index (χ1v) is 16.4. The van der Waals surface area contributed by atoms with Gasteiger partial charge in [0, 0.05) is 36.6 Å². The zero-order valence-electron chi connectivity index (χ0n) is 26.1. The molecule has 44 heavy (non-hydrogen) atoms. The van der Waals surface area contributed by atoms with E-state index in [1.807, 2.05) is 39.0 Å². The Morgan fingerprint density at radius 2 is 1.70 bits per heavy atom. The predicted octanol–water partition coefficient (Wildman–Crippen LogP) is 5.92. The third kappa shape index (κ3) is 6.09. The normalized spacial score (nSPS) is 17.9. The van der Waals surface area contributed by atoms with Crippen molar-refractivity contribution in [3.05, 3.63) is 40.8 Å². The fraction of sp³-hybridized carbons (Fsp3) is 0.545. The molecule has 0 atom stereocenters. The van der Waals surface area contributed by atoms with Crippen molar-refractivity contribution in [2.24, 2.45) is 0 Å². The van der Waals surface area contributed by atoms with Gasteiger partial charge in [0.2, 0.25) is 11.8 Å². The summed E-state index contributed by atoms with van der Waals surface area (Å²) in [6.07, 6.45) is 5.54. The van der Waals surface area contributed by atoms with Crippen LogP contribution in [0.25, 0.3) is 21.5 Å². The summed E-state index contributed by atoms with van der Waals surface area (Å²) in [4.78, 5) is 56.5. The Bertz CT molecular complexity index is 1540. The SMILES string of the molecule is COOCc1cc2c(s1)c(C1CCCCC1)c1n2CC(=O)N(CC(=O)N2CCN(C(=O)OC(C)(C)C)CC2)c2ccccc2-1. The summed E-state index contributed by atoms with van der Waals surface area (Å²) in [5.41, 5.74) is 4.63. The molecule has 0 radical (unpaired) electrons. The molecule has 2 fully saturated rings. The largest absolute Gasteiger partial charge is 0.444 e. The number of rotatable bonds is 6. The minimum Gasteiger partial charge on any atom is -0.444 e. The minimum absolute atomic E-state index is 0.0500. The highest BCUT2D eigenvalue weighted by Gasteiger charge is 2.36. The Labute approximate surface area is 262 Å². The van der Waals surface area contributed by atoms with Gasteiger partial charge >= 0.3 is 6.09 Å². The summed E-state index contributed by atoms with van der Waals surface area (Å²) >= 11 is 1.72. The number of para-hydroxylation sites is 1. The zero-order chi connectivity index (χ0) is 31.0. The van der Waals surface area contributed by atoms with Crippen LogP contribution >= 0.6 is 11.3 Å². The summed E-state index contributed by atoms with van der Waals surface area (Å²) in [5.74, 6) is 0.163. The Morgan fingerprint density at radius 3 is 2.41 bits per heavy atom. The maximum absolute atomic E-state index is 14.1. The van der Waals surface area contributed by atoms with E-state index in [0.29, 0.717) is 38.7 Å². The van der Waals surface area contributed by atoms with Crippen LogP contribution in [0, 0.1) is 0 Å². The summed E-state index contributed by atoms with van der Waals surface area (Å²) in [7, 11) is 1.51. The van der Waals surface area contributed by atoms with Crippen LogP contribution in [-0.4, -0.2) is 77.7 Å². The molecule has 1 aliphatic carbocycles. The standard InChI is InChI=1S/C33H42N4O6S/c1-33(2,3)43-32(40)35-16-14-34(15-17-35)27(38)19-36-25-13-9-8-12-24(25)30-29(22-10-6-5-7-11-22)31-26(37(30)20-28(36)39)18-23(44-31)21-42-41-4/h8-9,12-13,18,22H,5-7,10-11,14-17,19-21H2,1-4H3. The predicted molar refractivity (Wildman–Crippen MR) is 170 cm³/mol. The molecule has 1 aromatic carbocycles. The van der Waals surface area contributed by atoms with Gasteiger partial charge in [-0.05, 0) is 57.2 Å². The molecule has 3 aliphatic rings. The second-order valence-electron chi connectivity index (χ2n) is 12.9. The van der Waals surface area contributed by atoms with Crippen molar-refractivity contribution in [2.75, 3.05) is 44.7 Å². The maximum atomic E-state index is 14.1. The van der Waals surface area contributed by atoms with Crippen LogP contribution in [0.5, 0.6) is 0 Å². The Kier molecular flexibility index (Phi) is 8.72. The molecule has 4 heterocycles. The monoisotopic (exact) mass is 622 g/mol. The van der Waals surface area contributed by atoms with E-state index in [1.165, 1.54) is 36.6 Å². The van der Waals surface area contributed by atoms with E-state index < -0.39 is 5.60 Å². The van der Waals surface area contributed by atoms with Crippen molar-refractivity contribution in [1.82, 2.24) is 14.4 Å². The molecule has 0 N–H and O–H groups in total. The van der Waals surface area contributed by atoms with E-state index in [2.05, 4.69) is 16.7 Å². The highest BCUT2D eigenvalue weighted by molar-refractivity contribution is 7.19. The van der Waals surface area contributed by atoms with Crippen molar-refractivity contribution < 1.29 is 28.9 Å². The molecule has 11 heteroatoms. The van der Waals surface area contributed by atoms with Crippen LogP contribution in [0.1, 0.15) is 69.2 Å². The van der Waals surface area contributed by atoms with Gasteiger partial charge in [-0.1, -0.05) is 37.5 Å². The number of amides is 3. The van der Waals surface area contributed by atoms with Gasteiger partial charge < -0.3 is 24.0 Å². The van der Waals surface area contributed by atoms with Gasteiger partial charge in [-0.25, -0.2) is 14.6 Å². The van der Waals surface area contributed by atoms with E-state index in [0.717, 1.165) is 40.2 Å². The molecule has 0 bridgehead atoms. The van der Waals surface area contributed by atoms with Gasteiger partial charge in [-0.3, -0.25) is 9.59 Å². The second-order valence-corrected chi connectivity index (χ2v) is 14.0. The van der Waals surface area contributed by atoms with Crippen LogP contribution in [0.2, 0.25) is 0 Å². The fourth-order valence-electron chi connectivity index (χ4n) is 6.75. The van der Waals surface area contributed by atoms with Crippen molar-refractivity contribution in [3.63, 3.8) is 0 Å². The first-order chi connectivity index (χ1) is 21.1. The van der Waals surface area contributed by atoms with Gasteiger partial charge in [-0.2, -0.15) is 0 Å². The van der Waals surface area contributed by atoms with E-state index in [9.17, 15) is 14.4 Å². The van der Waals surface area contributed by atoms with Gasteiger partial charge in [0.05, 0.1) is 28.7 Å². The number of hydrogen-bond donors (Lipinski definition) is 0. The molecular formula is C33H42N4O6S. The molecule has 2 aliphatic heterocycles. The fourth-order valence-corrected chi connectivity index (χ4v) is 7.94. The third-order valence-electron chi connectivity index (χ3n) is 8.78. The van der Waals surface area contributed by atoms with E-state index in [4.69, 9.17) is 14.5 Å². The Morgan fingerprint density at radius 1 is 1.00 bits per heavy atom. The van der Waals surface area contributed by atoms with Crippen LogP contribution < -0.4 is 4.90 Å². The summed E-state index contributed by atoms with van der Waals surface area (Å²) in [6, 6.07) is 10.1. The molecule has 3 aromatic rings.